The predicted molar refractivity (Wildman–Crippen MR) is 102 cm³/mol. The van der Waals surface area contributed by atoms with E-state index < -0.39 is 5.63 Å². The van der Waals surface area contributed by atoms with Crippen LogP contribution in [0.2, 0.25) is 0 Å². The highest BCUT2D eigenvalue weighted by Gasteiger charge is 2.09. The highest BCUT2D eigenvalue weighted by Crippen LogP contribution is 2.24. The minimum atomic E-state index is -0.648. The molecule has 0 bridgehead atoms. The van der Waals surface area contributed by atoms with Crippen LogP contribution in [0.5, 0.6) is 5.75 Å². The number of aliphatic hydroxyl groups excluding tert-OH is 1. The van der Waals surface area contributed by atoms with Gasteiger partial charge in [0.15, 0.2) is 11.3 Å². The summed E-state index contributed by atoms with van der Waals surface area (Å²) in [6.45, 7) is 7.34. The molecule has 2 rings (SSSR count). The van der Waals surface area contributed by atoms with Gasteiger partial charge in [0.1, 0.15) is 11.6 Å². The van der Waals surface area contributed by atoms with Gasteiger partial charge in [-0.3, -0.25) is 0 Å². The Morgan fingerprint density at radius 3 is 2.44 bits per heavy atom. The zero-order valence-electron chi connectivity index (χ0n) is 15.9. The second-order valence-electron chi connectivity index (χ2n) is 5.41. The highest BCUT2D eigenvalue weighted by atomic mass is 16.5. The van der Waals surface area contributed by atoms with Crippen molar-refractivity contribution in [3.05, 3.63) is 40.2 Å². The molecule has 1 N–H and O–H groups in total. The smallest absolute Gasteiger partial charge is 0.354 e. The maximum Gasteiger partial charge on any atom is 0.354 e. The number of aliphatic hydroxyl groups is 1. The standard InChI is InChI=1S/C15H15NO4.C5H12O2/c1-2-18-7-4-8-19-13-6-3-5-11-9-12(10-16)15(17)20-14(11)13;1-2-7-5-3-4-6/h3,5-6,9H,2,4,7-8H2,1H3;6H,2-5H2,1H3. The zero-order valence-corrected chi connectivity index (χ0v) is 15.9. The van der Waals surface area contributed by atoms with Crippen LogP contribution in [0, 0.1) is 11.3 Å². The molecule has 0 spiro atoms. The summed E-state index contributed by atoms with van der Waals surface area (Å²) in [5.41, 5.74) is -0.288. The molecule has 0 saturated heterocycles. The third-order valence-electron chi connectivity index (χ3n) is 3.39. The molecule has 7 nitrogen and oxygen atoms in total. The first-order valence-corrected chi connectivity index (χ1v) is 9.04. The Morgan fingerprint density at radius 1 is 1.11 bits per heavy atom. The molecule has 2 aromatic rings. The first kappa shape index (κ1) is 22.6. The largest absolute Gasteiger partial charge is 0.490 e. The molecule has 148 valence electrons. The van der Waals surface area contributed by atoms with Crippen LogP contribution in [-0.2, 0) is 9.47 Å². The van der Waals surface area contributed by atoms with Crippen molar-refractivity contribution in [3.8, 4) is 11.8 Å². The number of hydrogen-bond donors (Lipinski definition) is 1. The van der Waals surface area contributed by atoms with E-state index in [1.54, 1.807) is 18.2 Å². The van der Waals surface area contributed by atoms with Gasteiger partial charge in [-0.25, -0.2) is 4.79 Å². The Bertz CT molecular complexity index is 761. The Labute approximate surface area is 159 Å². The van der Waals surface area contributed by atoms with Crippen LogP contribution in [0.1, 0.15) is 32.3 Å². The molecule has 0 fully saturated rings. The maximum atomic E-state index is 11.6. The van der Waals surface area contributed by atoms with Crippen molar-refractivity contribution in [2.75, 3.05) is 39.6 Å². The molecule has 0 saturated carbocycles. The van der Waals surface area contributed by atoms with Crippen LogP contribution in [0.25, 0.3) is 11.0 Å². The summed E-state index contributed by atoms with van der Waals surface area (Å²) in [6.07, 6.45) is 1.51. The number of ether oxygens (including phenoxy) is 3. The van der Waals surface area contributed by atoms with E-state index in [4.69, 9.17) is 29.0 Å². The van der Waals surface area contributed by atoms with E-state index >= 15 is 0 Å². The summed E-state index contributed by atoms with van der Waals surface area (Å²) in [5, 5.41) is 17.7. The van der Waals surface area contributed by atoms with Gasteiger partial charge in [0.25, 0.3) is 0 Å². The van der Waals surface area contributed by atoms with E-state index in [0.717, 1.165) is 19.4 Å². The van der Waals surface area contributed by atoms with Crippen molar-refractivity contribution in [2.24, 2.45) is 0 Å². The Balaban J connectivity index is 0.000000445. The first-order chi connectivity index (χ1) is 13.2. The molecule has 27 heavy (non-hydrogen) atoms. The number of rotatable bonds is 10. The average molecular weight is 377 g/mol. The molecule has 0 aliphatic carbocycles. The summed E-state index contributed by atoms with van der Waals surface area (Å²) in [4.78, 5) is 11.6. The van der Waals surface area contributed by atoms with Crippen LogP contribution in [0.3, 0.4) is 0 Å². The fourth-order valence-electron chi connectivity index (χ4n) is 2.11. The Morgan fingerprint density at radius 2 is 1.81 bits per heavy atom. The molecule has 0 aliphatic rings. The minimum absolute atomic E-state index is 0.00834. The Kier molecular flexibility index (Phi) is 11.5. The van der Waals surface area contributed by atoms with Crippen molar-refractivity contribution < 1.29 is 23.7 Å². The molecule has 1 aromatic heterocycles. The molecular formula is C20H27NO6. The lowest BCUT2D eigenvalue weighted by Gasteiger charge is -2.08. The van der Waals surface area contributed by atoms with Crippen LogP contribution in [0.15, 0.2) is 33.5 Å². The first-order valence-electron chi connectivity index (χ1n) is 9.04. The van der Waals surface area contributed by atoms with Gasteiger partial charge in [0.2, 0.25) is 0 Å². The summed E-state index contributed by atoms with van der Waals surface area (Å²) >= 11 is 0. The number of nitrogens with zero attached hydrogens (tertiary/aromatic N) is 1. The van der Waals surface area contributed by atoms with Crippen molar-refractivity contribution in [3.63, 3.8) is 0 Å². The van der Waals surface area contributed by atoms with Gasteiger partial charge >= 0.3 is 5.63 Å². The SMILES string of the molecule is CCOCCCO.CCOCCCOc1cccc2cc(C#N)c(=O)oc12. The zero-order chi connectivity index (χ0) is 19.9. The third-order valence-corrected chi connectivity index (χ3v) is 3.39. The second kappa shape index (κ2) is 13.8. The van der Waals surface area contributed by atoms with Gasteiger partial charge in [-0.1, -0.05) is 12.1 Å². The summed E-state index contributed by atoms with van der Waals surface area (Å²) < 4.78 is 20.9. The number of hydrogen-bond acceptors (Lipinski definition) is 7. The van der Waals surface area contributed by atoms with Crippen LogP contribution in [-0.4, -0.2) is 44.7 Å². The lowest BCUT2D eigenvalue weighted by atomic mass is 10.2. The second-order valence-corrected chi connectivity index (χ2v) is 5.41. The quantitative estimate of drug-likeness (QED) is 0.502. The number of benzene rings is 1. The van der Waals surface area contributed by atoms with Crippen molar-refractivity contribution >= 4 is 11.0 Å². The summed E-state index contributed by atoms with van der Waals surface area (Å²) in [5.74, 6) is 0.501. The van der Waals surface area contributed by atoms with E-state index in [2.05, 4.69) is 0 Å². The van der Waals surface area contributed by atoms with E-state index in [9.17, 15) is 4.79 Å². The van der Waals surface area contributed by atoms with Gasteiger partial charge in [-0.15, -0.1) is 0 Å². The van der Waals surface area contributed by atoms with Gasteiger partial charge in [-0.05, 0) is 32.4 Å². The molecule has 7 heteroatoms. The normalized spacial score (nSPS) is 10.1. The van der Waals surface area contributed by atoms with E-state index in [1.807, 2.05) is 19.9 Å². The minimum Gasteiger partial charge on any atom is -0.490 e. The maximum absolute atomic E-state index is 11.6. The van der Waals surface area contributed by atoms with Crippen molar-refractivity contribution in [1.29, 1.82) is 5.26 Å². The topological polar surface area (TPSA) is 102 Å². The van der Waals surface area contributed by atoms with Crippen LogP contribution < -0.4 is 10.4 Å². The number of fused-ring (bicyclic) bond motifs is 1. The fourth-order valence-corrected chi connectivity index (χ4v) is 2.11. The van der Waals surface area contributed by atoms with Gasteiger partial charge < -0.3 is 23.7 Å². The summed E-state index contributed by atoms with van der Waals surface area (Å²) in [6, 6.07) is 8.61. The monoisotopic (exact) mass is 377 g/mol. The van der Waals surface area contributed by atoms with Gasteiger partial charge in [-0.2, -0.15) is 5.26 Å². The molecule has 0 amide bonds. The van der Waals surface area contributed by atoms with E-state index in [0.29, 0.717) is 43.1 Å². The fraction of sp³-hybridized carbons (Fsp3) is 0.500. The van der Waals surface area contributed by atoms with Gasteiger partial charge in [0, 0.05) is 44.8 Å². The van der Waals surface area contributed by atoms with Gasteiger partial charge in [0.05, 0.1) is 6.61 Å². The molecule has 0 radical (unpaired) electrons. The summed E-state index contributed by atoms with van der Waals surface area (Å²) in [7, 11) is 0. The molecule has 0 aliphatic heterocycles. The average Bonchev–Trinajstić information content (AvgIpc) is 2.68. The van der Waals surface area contributed by atoms with E-state index in [-0.39, 0.29) is 12.2 Å². The molecule has 0 atom stereocenters. The van der Waals surface area contributed by atoms with Crippen molar-refractivity contribution in [2.45, 2.75) is 26.7 Å². The number of para-hydroxylation sites is 1. The molecular weight excluding hydrogens is 350 g/mol. The number of nitriles is 1. The lowest BCUT2D eigenvalue weighted by Crippen LogP contribution is -2.06. The van der Waals surface area contributed by atoms with Crippen LogP contribution in [0.4, 0.5) is 0 Å². The third kappa shape index (κ3) is 8.22. The molecule has 1 heterocycles. The van der Waals surface area contributed by atoms with Crippen LogP contribution >= 0.6 is 0 Å². The predicted octanol–water partition coefficient (Wildman–Crippen LogP) is 2.88. The highest BCUT2D eigenvalue weighted by molar-refractivity contribution is 5.83. The van der Waals surface area contributed by atoms with E-state index in [1.165, 1.54) is 6.07 Å². The lowest BCUT2D eigenvalue weighted by molar-refractivity contribution is 0.127. The Hall–Kier alpha value is -2.40. The molecule has 1 aromatic carbocycles. The molecule has 0 unspecified atom stereocenters. The van der Waals surface area contributed by atoms with Crippen molar-refractivity contribution in [1.82, 2.24) is 0 Å².